The van der Waals surface area contributed by atoms with E-state index in [4.69, 9.17) is 26.1 Å². The highest BCUT2D eigenvalue weighted by Gasteiger charge is 2.38. The maximum Gasteiger partial charge on any atom is 0.408 e. The fourth-order valence-corrected chi connectivity index (χ4v) is 4.17. The molecule has 2 rings (SSSR count). The van der Waals surface area contributed by atoms with Gasteiger partial charge >= 0.3 is 12.1 Å². The summed E-state index contributed by atoms with van der Waals surface area (Å²) < 4.78 is 16.8. The van der Waals surface area contributed by atoms with Crippen molar-refractivity contribution in [2.24, 2.45) is 0 Å². The maximum absolute atomic E-state index is 12.7. The van der Waals surface area contributed by atoms with E-state index in [1.54, 1.807) is 6.08 Å². The molecule has 9 heteroatoms. The Hall–Kier alpha value is -3.01. The minimum atomic E-state index is -2.10. The molecule has 0 bridgehead atoms. The minimum Gasteiger partial charge on any atom is -0.462 e. The summed E-state index contributed by atoms with van der Waals surface area (Å²) in [4.78, 5) is 24.1. The van der Waals surface area contributed by atoms with E-state index in [1.165, 1.54) is 6.92 Å². The van der Waals surface area contributed by atoms with Crippen molar-refractivity contribution in [2.75, 3.05) is 18.5 Å². The third-order valence-electron chi connectivity index (χ3n) is 6.14. The molecule has 37 heavy (non-hydrogen) atoms. The Kier molecular flexibility index (Phi) is 11.5. The normalized spacial score (nSPS) is 12.6. The summed E-state index contributed by atoms with van der Waals surface area (Å²) in [5, 5.41) is 6.12. The average molecular weight is 543 g/mol. The van der Waals surface area contributed by atoms with Crippen molar-refractivity contribution in [3.8, 4) is 0 Å². The Bertz CT molecular complexity index is 1080. The van der Waals surface area contributed by atoms with Crippen LogP contribution < -0.4 is 10.6 Å². The van der Waals surface area contributed by atoms with E-state index in [1.807, 2.05) is 60.7 Å². The van der Waals surface area contributed by atoms with Crippen LogP contribution in [0.2, 0.25) is 18.1 Å². The molecule has 7 nitrogen and oxygen atoms in total. The van der Waals surface area contributed by atoms with Crippen LogP contribution in [-0.2, 0) is 25.3 Å². The number of para-hydroxylation sites is 1. The predicted octanol–water partition coefficient (Wildman–Crippen LogP) is 6.32. The number of amides is 1. The van der Waals surface area contributed by atoms with Gasteiger partial charge in [0.2, 0.25) is 0 Å². The number of ether oxygens (including phenoxy) is 2. The van der Waals surface area contributed by atoms with Gasteiger partial charge in [-0.2, -0.15) is 0 Å². The van der Waals surface area contributed by atoms with E-state index in [-0.39, 0.29) is 30.8 Å². The molecule has 0 saturated heterocycles. The predicted molar refractivity (Wildman–Crippen MR) is 155 cm³/mol. The van der Waals surface area contributed by atoms with E-state index in [9.17, 15) is 9.59 Å². The molecule has 0 radical (unpaired) electrons. The van der Waals surface area contributed by atoms with Crippen LogP contribution in [0.3, 0.4) is 0 Å². The van der Waals surface area contributed by atoms with Gasteiger partial charge in [0.1, 0.15) is 24.2 Å². The number of carbonyl (C=O) groups excluding carboxylic acids is 2. The third kappa shape index (κ3) is 10.5. The number of alkyl carbamates (subject to hydrolysis) is 1. The molecule has 1 atom stereocenters. The van der Waals surface area contributed by atoms with Crippen LogP contribution in [0.5, 0.6) is 0 Å². The van der Waals surface area contributed by atoms with Gasteiger partial charge in [0.15, 0.2) is 8.32 Å². The summed E-state index contributed by atoms with van der Waals surface area (Å²) in [6, 6.07) is 16.5. The summed E-state index contributed by atoms with van der Waals surface area (Å²) in [7, 11) is -2.10. The van der Waals surface area contributed by atoms with Crippen LogP contribution in [0.25, 0.3) is 6.08 Å². The van der Waals surface area contributed by atoms with Crippen molar-refractivity contribution < 1.29 is 23.5 Å². The van der Waals surface area contributed by atoms with Crippen LogP contribution in [0.4, 0.5) is 10.5 Å². The standard InChI is InChI=1S/C28H38N2O5SSi/c1-21(31)33-18-12-16-23-15-10-11-17-24(23)29-26(36)25(20-35-37(5,6)28(2,3)4)30-27(32)34-19-22-13-8-7-9-14-22/h7-17,25H,18-20H2,1-6H3,(H,29,36)(H,30,32)/b16-12-/t25-/m0/s1. The van der Waals surface area contributed by atoms with E-state index in [0.29, 0.717) is 4.99 Å². The molecular weight excluding hydrogens is 504 g/mol. The molecule has 0 heterocycles. The number of rotatable bonds is 11. The number of esters is 1. The van der Waals surface area contributed by atoms with Gasteiger partial charge in [-0.05, 0) is 41.4 Å². The van der Waals surface area contributed by atoms with Crippen LogP contribution in [0.1, 0.15) is 38.8 Å². The Morgan fingerprint density at radius 1 is 1.03 bits per heavy atom. The first-order valence-electron chi connectivity index (χ1n) is 12.2. The Morgan fingerprint density at radius 2 is 1.68 bits per heavy atom. The van der Waals surface area contributed by atoms with E-state index in [0.717, 1.165) is 16.8 Å². The molecule has 2 aromatic carbocycles. The monoisotopic (exact) mass is 542 g/mol. The zero-order valence-corrected chi connectivity index (χ0v) is 24.3. The van der Waals surface area contributed by atoms with Crippen LogP contribution in [0, 0.1) is 0 Å². The van der Waals surface area contributed by atoms with Crippen molar-refractivity contribution >= 4 is 49.3 Å². The molecule has 0 aliphatic carbocycles. The molecule has 200 valence electrons. The first-order chi connectivity index (χ1) is 17.4. The molecule has 1 amide bonds. The Balaban J connectivity index is 2.14. The lowest BCUT2D eigenvalue weighted by Crippen LogP contribution is -2.50. The first kappa shape index (κ1) is 30.2. The van der Waals surface area contributed by atoms with Gasteiger partial charge < -0.3 is 24.5 Å². The summed E-state index contributed by atoms with van der Waals surface area (Å²) in [5.74, 6) is -0.341. The summed E-state index contributed by atoms with van der Waals surface area (Å²) in [6.45, 7) is 12.7. The molecule has 0 fully saturated rings. The topological polar surface area (TPSA) is 85.9 Å². The molecule has 0 aliphatic rings. The van der Waals surface area contributed by atoms with Crippen molar-refractivity contribution in [2.45, 2.75) is 58.5 Å². The molecule has 0 unspecified atom stereocenters. The fraction of sp³-hybridized carbons (Fsp3) is 0.393. The van der Waals surface area contributed by atoms with E-state index in [2.05, 4.69) is 44.5 Å². The Morgan fingerprint density at radius 3 is 2.32 bits per heavy atom. The minimum absolute atomic E-state index is 0.000245. The third-order valence-corrected chi connectivity index (χ3v) is 11.0. The van der Waals surface area contributed by atoms with Crippen LogP contribution in [0.15, 0.2) is 60.7 Å². The van der Waals surface area contributed by atoms with Crippen molar-refractivity contribution in [1.29, 1.82) is 0 Å². The second-order valence-electron chi connectivity index (χ2n) is 10.1. The smallest absolute Gasteiger partial charge is 0.408 e. The van der Waals surface area contributed by atoms with Crippen molar-refractivity contribution in [1.82, 2.24) is 5.32 Å². The van der Waals surface area contributed by atoms with Gasteiger partial charge in [0, 0.05) is 12.6 Å². The molecule has 0 spiro atoms. The van der Waals surface area contributed by atoms with Crippen LogP contribution in [-0.4, -0.2) is 44.6 Å². The summed E-state index contributed by atoms with van der Waals surface area (Å²) in [5.41, 5.74) is 2.50. The molecule has 0 saturated carbocycles. The summed E-state index contributed by atoms with van der Waals surface area (Å²) >= 11 is 5.73. The molecule has 0 aromatic heterocycles. The Labute approximate surface area is 226 Å². The highest BCUT2D eigenvalue weighted by atomic mass is 32.1. The summed E-state index contributed by atoms with van der Waals surface area (Å²) in [6.07, 6.45) is 3.02. The molecule has 2 N–H and O–H groups in total. The second kappa shape index (κ2) is 14.1. The quantitative estimate of drug-likeness (QED) is 0.195. The van der Waals surface area contributed by atoms with Gasteiger partial charge in [-0.15, -0.1) is 0 Å². The molecule has 0 aliphatic heterocycles. The fourth-order valence-electron chi connectivity index (χ4n) is 2.91. The zero-order valence-electron chi connectivity index (χ0n) is 22.5. The van der Waals surface area contributed by atoms with Crippen molar-refractivity contribution in [3.05, 3.63) is 71.8 Å². The number of thiocarbonyl (C=S) groups is 1. The lowest BCUT2D eigenvalue weighted by molar-refractivity contribution is -0.139. The number of hydrogen-bond donors (Lipinski definition) is 2. The number of hydrogen-bond acceptors (Lipinski definition) is 6. The van der Waals surface area contributed by atoms with E-state index >= 15 is 0 Å². The number of benzene rings is 2. The highest BCUT2D eigenvalue weighted by molar-refractivity contribution is 7.80. The van der Waals surface area contributed by atoms with E-state index < -0.39 is 20.5 Å². The first-order valence-corrected chi connectivity index (χ1v) is 15.5. The number of anilines is 1. The molecule has 2 aromatic rings. The van der Waals surface area contributed by atoms with Gasteiger partial charge in [-0.3, -0.25) is 4.79 Å². The van der Waals surface area contributed by atoms with Gasteiger partial charge in [-0.1, -0.05) is 87.6 Å². The largest absolute Gasteiger partial charge is 0.462 e. The maximum atomic E-state index is 12.7. The highest BCUT2D eigenvalue weighted by Crippen LogP contribution is 2.36. The SMILES string of the molecule is CC(=O)OC/C=C\c1ccccc1NC(=S)[C@H](CO[Si](C)(C)C(C)(C)C)NC(=O)OCc1ccccc1. The lowest BCUT2D eigenvalue weighted by atomic mass is 10.1. The molecular formula is C28H38N2O5SSi. The van der Waals surface area contributed by atoms with Crippen LogP contribution >= 0.6 is 12.2 Å². The van der Waals surface area contributed by atoms with Gasteiger partial charge in [0.05, 0.1) is 6.61 Å². The zero-order chi connectivity index (χ0) is 27.5. The van der Waals surface area contributed by atoms with Gasteiger partial charge in [0.25, 0.3) is 0 Å². The van der Waals surface area contributed by atoms with Crippen molar-refractivity contribution in [3.63, 3.8) is 0 Å². The average Bonchev–Trinajstić information content (AvgIpc) is 2.83. The lowest BCUT2D eigenvalue weighted by Gasteiger charge is -2.37. The number of carbonyl (C=O) groups is 2. The second-order valence-corrected chi connectivity index (χ2v) is 15.4. The van der Waals surface area contributed by atoms with Gasteiger partial charge in [-0.25, -0.2) is 4.79 Å². The number of nitrogens with one attached hydrogen (secondary N) is 2.